The Morgan fingerprint density at radius 1 is 1.62 bits per heavy atom. The standard InChI is InChI=1S/C7H5N3O2S/c11-7(6-3-13-4-8-6)12-5-1-9-10-2-5/h1-4H,(H,9,10). The van der Waals surface area contributed by atoms with Gasteiger partial charge in [0.15, 0.2) is 11.4 Å². The fourth-order valence-electron chi connectivity index (χ4n) is 0.768. The number of rotatable bonds is 2. The van der Waals surface area contributed by atoms with E-state index in [-0.39, 0.29) is 0 Å². The molecule has 0 aromatic carbocycles. The molecule has 0 radical (unpaired) electrons. The van der Waals surface area contributed by atoms with Crippen LogP contribution in [-0.2, 0) is 0 Å². The quantitative estimate of drug-likeness (QED) is 0.728. The third-order valence-electron chi connectivity index (χ3n) is 1.33. The second kappa shape index (κ2) is 3.36. The molecular weight excluding hydrogens is 190 g/mol. The topological polar surface area (TPSA) is 67.9 Å². The number of ether oxygens (including phenoxy) is 1. The predicted octanol–water partition coefficient (Wildman–Crippen LogP) is 1.09. The molecule has 0 aliphatic rings. The molecule has 0 spiro atoms. The number of carbonyl (C=O) groups is 1. The van der Waals surface area contributed by atoms with Crippen LogP contribution in [0.1, 0.15) is 10.5 Å². The van der Waals surface area contributed by atoms with E-state index in [0.29, 0.717) is 11.4 Å². The number of hydrogen-bond acceptors (Lipinski definition) is 5. The Hall–Kier alpha value is -1.69. The summed E-state index contributed by atoms with van der Waals surface area (Å²) in [5, 5.41) is 7.80. The Bertz CT molecular complexity index is 382. The molecule has 13 heavy (non-hydrogen) atoms. The summed E-state index contributed by atoms with van der Waals surface area (Å²) in [5.74, 6) is -0.0827. The molecule has 0 amide bonds. The molecule has 66 valence electrons. The minimum atomic E-state index is -0.470. The van der Waals surface area contributed by atoms with Crippen molar-refractivity contribution in [2.45, 2.75) is 0 Å². The Morgan fingerprint density at radius 2 is 2.54 bits per heavy atom. The maximum atomic E-state index is 11.3. The highest BCUT2D eigenvalue weighted by Gasteiger charge is 2.10. The molecule has 1 N–H and O–H groups in total. The molecule has 6 heteroatoms. The van der Waals surface area contributed by atoms with Crippen LogP contribution < -0.4 is 4.74 Å². The van der Waals surface area contributed by atoms with E-state index in [2.05, 4.69) is 15.2 Å². The minimum absolute atomic E-state index is 0.311. The summed E-state index contributed by atoms with van der Waals surface area (Å²) in [6, 6.07) is 0. The van der Waals surface area contributed by atoms with Crippen molar-refractivity contribution in [1.82, 2.24) is 15.2 Å². The van der Waals surface area contributed by atoms with Gasteiger partial charge in [0, 0.05) is 5.38 Å². The van der Waals surface area contributed by atoms with E-state index in [0.717, 1.165) is 0 Å². The predicted molar refractivity (Wildman–Crippen MR) is 45.7 cm³/mol. The van der Waals surface area contributed by atoms with Crippen molar-refractivity contribution < 1.29 is 9.53 Å². The van der Waals surface area contributed by atoms with Crippen LogP contribution in [0.3, 0.4) is 0 Å². The number of H-pyrrole nitrogens is 1. The average molecular weight is 195 g/mol. The fraction of sp³-hybridized carbons (Fsp3) is 0. The maximum absolute atomic E-state index is 11.3. The van der Waals surface area contributed by atoms with Gasteiger partial charge in [-0.3, -0.25) is 5.10 Å². The molecule has 0 fully saturated rings. The maximum Gasteiger partial charge on any atom is 0.363 e. The zero-order valence-corrected chi connectivity index (χ0v) is 7.25. The summed E-state index contributed by atoms with van der Waals surface area (Å²) in [7, 11) is 0. The van der Waals surface area contributed by atoms with Gasteiger partial charge in [0.25, 0.3) is 0 Å². The number of nitrogens with zero attached hydrogens (tertiary/aromatic N) is 2. The highest BCUT2D eigenvalue weighted by molar-refractivity contribution is 7.07. The molecule has 2 aromatic heterocycles. The van der Waals surface area contributed by atoms with Crippen LogP contribution in [0.4, 0.5) is 0 Å². The molecule has 0 saturated carbocycles. The number of carbonyl (C=O) groups excluding carboxylic acids is 1. The molecule has 0 aliphatic heterocycles. The van der Waals surface area contributed by atoms with E-state index in [1.165, 1.54) is 23.7 Å². The second-order valence-corrected chi connectivity index (χ2v) is 2.92. The van der Waals surface area contributed by atoms with E-state index < -0.39 is 5.97 Å². The van der Waals surface area contributed by atoms with Crippen molar-refractivity contribution >= 4 is 17.3 Å². The number of thiazole rings is 1. The van der Waals surface area contributed by atoms with Gasteiger partial charge in [0.05, 0.1) is 17.9 Å². The summed E-state index contributed by atoms with van der Waals surface area (Å²) in [6.07, 6.45) is 2.91. The molecule has 0 bridgehead atoms. The summed E-state index contributed by atoms with van der Waals surface area (Å²) in [6.45, 7) is 0. The lowest BCUT2D eigenvalue weighted by atomic mass is 10.5. The van der Waals surface area contributed by atoms with Gasteiger partial charge in [-0.15, -0.1) is 11.3 Å². The smallest absolute Gasteiger partial charge is 0.363 e. The molecule has 2 heterocycles. The summed E-state index contributed by atoms with van der Waals surface area (Å²) >= 11 is 1.35. The van der Waals surface area contributed by atoms with Gasteiger partial charge >= 0.3 is 5.97 Å². The first-order valence-electron chi connectivity index (χ1n) is 3.45. The Morgan fingerprint density at radius 3 is 3.15 bits per heavy atom. The Labute approximate surface area is 77.4 Å². The first-order valence-corrected chi connectivity index (χ1v) is 4.39. The summed E-state index contributed by atoms with van der Waals surface area (Å²) in [5.41, 5.74) is 1.89. The lowest BCUT2D eigenvalue weighted by Gasteiger charge is -1.95. The fourth-order valence-corrected chi connectivity index (χ4v) is 1.29. The molecule has 2 rings (SSSR count). The third kappa shape index (κ3) is 1.73. The number of nitrogens with one attached hydrogen (secondary N) is 1. The average Bonchev–Trinajstić information content (AvgIpc) is 2.74. The van der Waals surface area contributed by atoms with Crippen molar-refractivity contribution in [2.24, 2.45) is 0 Å². The molecular formula is C7H5N3O2S. The number of esters is 1. The minimum Gasteiger partial charge on any atom is -0.418 e. The van der Waals surface area contributed by atoms with E-state index in [1.54, 1.807) is 10.9 Å². The first-order chi connectivity index (χ1) is 6.36. The number of aromatic nitrogens is 3. The van der Waals surface area contributed by atoms with Gasteiger partial charge < -0.3 is 4.74 Å². The van der Waals surface area contributed by atoms with Gasteiger partial charge in [-0.25, -0.2) is 9.78 Å². The van der Waals surface area contributed by atoms with E-state index in [4.69, 9.17) is 4.74 Å². The van der Waals surface area contributed by atoms with Crippen molar-refractivity contribution in [3.63, 3.8) is 0 Å². The third-order valence-corrected chi connectivity index (χ3v) is 1.91. The zero-order chi connectivity index (χ0) is 9.10. The molecule has 0 saturated heterocycles. The molecule has 0 aliphatic carbocycles. The van der Waals surface area contributed by atoms with E-state index in [9.17, 15) is 4.79 Å². The van der Waals surface area contributed by atoms with Crippen LogP contribution in [0.5, 0.6) is 5.75 Å². The summed E-state index contributed by atoms with van der Waals surface area (Å²) < 4.78 is 4.91. The molecule has 5 nitrogen and oxygen atoms in total. The normalized spacial score (nSPS) is 9.85. The molecule has 0 atom stereocenters. The van der Waals surface area contributed by atoms with Crippen molar-refractivity contribution in [3.8, 4) is 5.75 Å². The number of aromatic amines is 1. The van der Waals surface area contributed by atoms with Crippen LogP contribution >= 0.6 is 11.3 Å². The summed E-state index contributed by atoms with van der Waals surface area (Å²) in [4.78, 5) is 15.1. The van der Waals surface area contributed by atoms with Crippen LogP contribution in [0.25, 0.3) is 0 Å². The van der Waals surface area contributed by atoms with Gasteiger partial charge in [0.1, 0.15) is 0 Å². The van der Waals surface area contributed by atoms with Gasteiger partial charge in [-0.2, -0.15) is 5.10 Å². The van der Waals surface area contributed by atoms with Crippen molar-refractivity contribution in [3.05, 3.63) is 29.0 Å². The Balaban J connectivity index is 2.08. The van der Waals surface area contributed by atoms with Crippen LogP contribution in [0.15, 0.2) is 23.3 Å². The zero-order valence-electron chi connectivity index (χ0n) is 6.43. The molecule has 2 aromatic rings. The monoisotopic (exact) mass is 195 g/mol. The highest BCUT2D eigenvalue weighted by Crippen LogP contribution is 2.09. The Kier molecular flexibility index (Phi) is 2.05. The van der Waals surface area contributed by atoms with Crippen LogP contribution in [0, 0.1) is 0 Å². The lowest BCUT2D eigenvalue weighted by Crippen LogP contribution is -2.07. The highest BCUT2D eigenvalue weighted by atomic mass is 32.1. The SMILES string of the molecule is O=C(Oc1cn[nH]c1)c1cscn1. The van der Waals surface area contributed by atoms with Crippen LogP contribution in [0.2, 0.25) is 0 Å². The molecule has 0 unspecified atom stereocenters. The van der Waals surface area contributed by atoms with Crippen LogP contribution in [-0.4, -0.2) is 21.2 Å². The van der Waals surface area contributed by atoms with Crippen molar-refractivity contribution in [1.29, 1.82) is 0 Å². The van der Waals surface area contributed by atoms with Gasteiger partial charge in [-0.05, 0) is 0 Å². The van der Waals surface area contributed by atoms with Gasteiger partial charge in [-0.1, -0.05) is 0 Å². The largest absolute Gasteiger partial charge is 0.418 e. The lowest BCUT2D eigenvalue weighted by molar-refractivity contribution is 0.0729. The van der Waals surface area contributed by atoms with E-state index in [1.807, 2.05) is 0 Å². The van der Waals surface area contributed by atoms with Crippen molar-refractivity contribution in [2.75, 3.05) is 0 Å². The van der Waals surface area contributed by atoms with Gasteiger partial charge in [0.2, 0.25) is 0 Å². The number of hydrogen-bond donors (Lipinski definition) is 1. The van der Waals surface area contributed by atoms with E-state index >= 15 is 0 Å². The first kappa shape index (κ1) is 7.93. The second-order valence-electron chi connectivity index (χ2n) is 2.20.